The molecule has 0 saturated carbocycles. The zero-order valence-electron chi connectivity index (χ0n) is 22.8. The number of halogens is 1. The van der Waals surface area contributed by atoms with Crippen molar-refractivity contribution < 1.29 is 15.0 Å². The Kier molecular flexibility index (Phi) is 8.42. The lowest BCUT2D eigenvalue weighted by atomic mass is 9.65. The summed E-state index contributed by atoms with van der Waals surface area (Å²) < 4.78 is 0. The van der Waals surface area contributed by atoms with Crippen molar-refractivity contribution >= 4 is 23.2 Å². The first-order valence-corrected chi connectivity index (χ1v) is 14.2. The van der Waals surface area contributed by atoms with E-state index in [1.165, 1.54) is 6.07 Å². The van der Waals surface area contributed by atoms with Crippen LogP contribution in [0.3, 0.4) is 0 Å². The van der Waals surface area contributed by atoms with Crippen molar-refractivity contribution in [3.8, 4) is 11.5 Å². The topological polar surface area (TPSA) is 69.6 Å². The molecule has 0 saturated heterocycles. The Bertz CT molecular complexity index is 1540. The standard InChI is InChI=1S/C36H32ClNO3/c1-2-3-13-25-20-23-32(39)33(34(25)40)35(41)38-31-22-21-29(24-30(31)37)36(26-14-7-4-8-15-26,27-16-9-5-10-17-27)28-18-11-6-12-19-28/h4-12,14-24,39-40H,2-3,13H2,1H3,(H,38,41). The fourth-order valence-corrected chi connectivity index (χ4v) is 5.74. The smallest absolute Gasteiger partial charge is 0.263 e. The van der Waals surface area contributed by atoms with Crippen LogP contribution in [-0.4, -0.2) is 16.1 Å². The highest BCUT2D eigenvalue weighted by molar-refractivity contribution is 6.34. The van der Waals surface area contributed by atoms with Crippen LogP contribution in [0.25, 0.3) is 0 Å². The van der Waals surface area contributed by atoms with E-state index in [2.05, 4.69) is 48.6 Å². The van der Waals surface area contributed by atoms with Crippen molar-refractivity contribution in [3.63, 3.8) is 0 Å². The van der Waals surface area contributed by atoms with Crippen LogP contribution in [-0.2, 0) is 11.8 Å². The van der Waals surface area contributed by atoms with Crippen molar-refractivity contribution in [1.82, 2.24) is 0 Å². The molecule has 5 aromatic rings. The third-order valence-corrected chi connectivity index (χ3v) is 7.85. The zero-order valence-corrected chi connectivity index (χ0v) is 23.6. The monoisotopic (exact) mass is 561 g/mol. The van der Waals surface area contributed by atoms with Gasteiger partial charge in [-0.05, 0) is 58.9 Å². The Balaban J connectivity index is 1.60. The highest BCUT2D eigenvalue weighted by atomic mass is 35.5. The maximum Gasteiger partial charge on any atom is 0.263 e. The molecule has 5 heteroatoms. The lowest BCUT2D eigenvalue weighted by Gasteiger charge is -2.37. The van der Waals surface area contributed by atoms with Gasteiger partial charge in [0.05, 0.1) is 16.1 Å². The third kappa shape index (κ3) is 5.44. The summed E-state index contributed by atoms with van der Waals surface area (Å²) in [4.78, 5) is 13.3. The van der Waals surface area contributed by atoms with Gasteiger partial charge in [-0.25, -0.2) is 0 Å². The molecule has 5 rings (SSSR count). The van der Waals surface area contributed by atoms with Gasteiger partial charge in [0.25, 0.3) is 5.91 Å². The number of aromatic hydroxyl groups is 2. The van der Waals surface area contributed by atoms with Crippen LogP contribution in [0.4, 0.5) is 5.69 Å². The van der Waals surface area contributed by atoms with Gasteiger partial charge < -0.3 is 15.5 Å². The van der Waals surface area contributed by atoms with Crippen LogP contribution in [0.1, 0.15) is 57.9 Å². The normalized spacial score (nSPS) is 11.3. The Hall–Kier alpha value is -4.54. The van der Waals surface area contributed by atoms with E-state index in [4.69, 9.17) is 11.6 Å². The molecular weight excluding hydrogens is 530 g/mol. The molecule has 1 amide bonds. The highest BCUT2D eigenvalue weighted by Crippen LogP contribution is 2.46. The molecule has 0 aliphatic carbocycles. The summed E-state index contributed by atoms with van der Waals surface area (Å²) in [5, 5.41) is 24.4. The second-order valence-corrected chi connectivity index (χ2v) is 10.5. The van der Waals surface area contributed by atoms with E-state index in [1.807, 2.05) is 66.7 Å². The number of hydrogen-bond acceptors (Lipinski definition) is 3. The molecule has 0 radical (unpaired) electrons. The Morgan fingerprint density at radius 3 is 1.76 bits per heavy atom. The average molecular weight is 562 g/mol. The van der Waals surface area contributed by atoms with Gasteiger partial charge in [-0.2, -0.15) is 0 Å². The van der Waals surface area contributed by atoms with E-state index in [0.717, 1.165) is 35.1 Å². The minimum absolute atomic E-state index is 0.161. The molecule has 41 heavy (non-hydrogen) atoms. The van der Waals surface area contributed by atoms with E-state index < -0.39 is 11.3 Å². The van der Waals surface area contributed by atoms with Crippen LogP contribution >= 0.6 is 11.6 Å². The number of aryl methyl sites for hydroxylation is 1. The van der Waals surface area contributed by atoms with Gasteiger partial charge >= 0.3 is 0 Å². The first-order valence-electron chi connectivity index (χ1n) is 13.8. The molecule has 206 valence electrons. The van der Waals surface area contributed by atoms with Crippen molar-refractivity contribution in [1.29, 1.82) is 0 Å². The first-order chi connectivity index (χ1) is 20.0. The molecule has 0 spiro atoms. The second kappa shape index (κ2) is 12.3. The molecule has 0 unspecified atom stereocenters. The first kappa shape index (κ1) is 28.0. The summed E-state index contributed by atoms with van der Waals surface area (Å²) in [6.07, 6.45) is 2.41. The number of nitrogens with one attached hydrogen (secondary N) is 1. The van der Waals surface area contributed by atoms with Crippen molar-refractivity contribution in [2.45, 2.75) is 31.6 Å². The predicted octanol–water partition coefficient (Wildman–Crippen LogP) is 8.73. The Morgan fingerprint density at radius 1 is 0.732 bits per heavy atom. The SMILES string of the molecule is CCCCc1ccc(O)c(C(=O)Nc2ccc(C(c3ccccc3)(c3ccccc3)c3ccccc3)cc2Cl)c1O. The van der Waals surface area contributed by atoms with E-state index in [9.17, 15) is 15.0 Å². The van der Waals surface area contributed by atoms with Crippen LogP contribution in [0.15, 0.2) is 121 Å². The van der Waals surface area contributed by atoms with Gasteiger partial charge in [0.15, 0.2) is 0 Å². The highest BCUT2D eigenvalue weighted by Gasteiger charge is 2.38. The molecule has 0 atom stereocenters. The largest absolute Gasteiger partial charge is 0.507 e. The number of phenolic OH excluding ortho intramolecular Hbond substituents is 2. The maximum atomic E-state index is 13.3. The molecule has 0 aromatic heterocycles. The molecule has 3 N–H and O–H groups in total. The average Bonchev–Trinajstić information content (AvgIpc) is 3.00. The summed E-state index contributed by atoms with van der Waals surface area (Å²) >= 11 is 6.87. The van der Waals surface area contributed by atoms with Crippen LogP contribution in [0, 0.1) is 0 Å². The lowest BCUT2D eigenvalue weighted by molar-refractivity contribution is 0.102. The van der Waals surface area contributed by atoms with Crippen LogP contribution in [0.2, 0.25) is 5.02 Å². The quantitative estimate of drug-likeness (QED) is 0.158. The van der Waals surface area contributed by atoms with Gasteiger partial charge in [-0.15, -0.1) is 0 Å². The molecule has 0 bridgehead atoms. The van der Waals surface area contributed by atoms with E-state index in [-0.39, 0.29) is 17.1 Å². The fourth-order valence-electron chi connectivity index (χ4n) is 5.52. The van der Waals surface area contributed by atoms with Crippen molar-refractivity contribution in [2.75, 3.05) is 5.32 Å². The van der Waals surface area contributed by atoms with Crippen molar-refractivity contribution in [3.05, 3.63) is 160 Å². The summed E-state index contributed by atoms with van der Waals surface area (Å²) in [7, 11) is 0. The van der Waals surface area contributed by atoms with Crippen LogP contribution < -0.4 is 5.32 Å². The second-order valence-electron chi connectivity index (χ2n) is 10.1. The molecule has 0 aliphatic heterocycles. The Morgan fingerprint density at radius 2 is 1.27 bits per heavy atom. The van der Waals surface area contributed by atoms with Crippen molar-refractivity contribution in [2.24, 2.45) is 0 Å². The molecule has 4 nitrogen and oxygen atoms in total. The summed E-state index contributed by atoms with van der Waals surface area (Å²) in [6.45, 7) is 2.05. The van der Waals surface area contributed by atoms with E-state index >= 15 is 0 Å². The number of phenols is 2. The number of carbonyl (C=O) groups excluding carboxylic acids is 1. The Labute approximate surface area is 245 Å². The number of carbonyl (C=O) groups is 1. The van der Waals surface area contributed by atoms with Gasteiger partial charge in [-0.3, -0.25) is 4.79 Å². The molecule has 0 fully saturated rings. The predicted molar refractivity (Wildman–Crippen MR) is 166 cm³/mol. The zero-order chi connectivity index (χ0) is 28.8. The summed E-state index contributed by atoms with van der Waals surface area (Å²) in [5.41, 5.74) is 4.30. The minimum atomic E-state index is -0.680. The molecule has 5 aromatic carbocycles. The van der Waals surface area contributed by atoms with E-state index in [0.29, 0.717) is 22.7 Å². The number of hydrogen-bond donors (Lipinski definition) is 3. The summed E-state index contributed by atoms with van der Waals surface area (Å²) in [5.74, 6) is -1.13. The number of rotatable bonds is 9. The maximum absolute atomic E-state index is 13.3. The lowest BCUT2D eigenvalue weighted by Crippen LogP contribution is -2.31. The minimum Gasteiger partial charge on any atom is -0.507 e. The van der Waals surface area contributed by atoms with Gasteiger partial charge in [-0.1, -0.05) is 128 Å². The van der Waals surface area contributed by atoms with Gasteiger partial charge in [0, 0.05) is 0 Å². The summed E-state index contributed by atoms with van der Waals surface area (Å²) in [6, 6.07) is 39.5. The van der Waals surface area contributed by atoms with Gasteiger partial charge in [0.2, 0.25) is 0 Å². The third-order valence-electron chi connectivity index (χ3n) is 7.54. The van der Waals surface area contributed by atoms with Crippen LogP contribution in [0.5, 0.6) is 11.5 Å². The number of anilines is 1. The molecule has 0 heterocycles. The molecular formula is C36H32ClNO3. The van der Waals surface area contributed by atoms with E-state index in [1.54, 1.807) is 12.1 Å². The number of unbranched alkanes of at least 4 members (excludes halogenated alkanes) is 1. The molecule has 0 aliphatic rings. The fraction of sp³-hybridized carbons (Fsp3) is 0.139. The number of benzene rings is 5. The number of amides is 1. The van der Waals surface area contributed by atoms with Gasteiger partial charge in [0.1, 0.15) is 17.1 Å².